The number of nitrogens with zero attached hydrogens (tertiary/aromatic N) is 1. The van der Waals surface area contributed by atoms with Gasteiger partial charge in [0, 0.05) is 16.5 Å². The van der Waals surface area contributed by atoms with Gasteiger partial charge in [0.15, 0.2) is 11.5 Å². The first-order chi connectivity index (χ1) is 8.52. The van der Waals surface area contributed by atoms with Crippen LogP contribution in [0.15, 0.2) is 18.2 Å². The van der Waals surface area contributed by atoms with Crippen molar-refractivity contribution in [3.8, 4) is 22.1 Å². The summed E-state index contributed by atoms with van der Waals surface area (Å²) in [6, 6.07) is 5.01. The van der Waals surface area contributed by atoms with Gasteiger partial charge in [-0.05, 0) is 39.1 Å². The van der Waals surface area contributed by atoms with E-state index in [2.05, 4.69) is 17.2 Å². The second-order valence-electron chi connectivity index (χ2n) is 4.18. The fraction of sp³-hybridized carbons (Fsp3) is 0.308. The van der Waals surface area contributed by atoms with Gasteiger partial charge < -0.3 is 15.5 Å². The topological polar surface area (TPSA) is 65.4 Å². The molecule has 0 saturated carbocycles. The van der Waals surface area contributed by atoms with Gasteiger partial charge in [-0.15, -0.1) is 11.3 Å². The molecule has 2 rings (SSSR count). The Labute approximate surface area is 110 Å². The smallest absolute Gasteiger partial charge is 0.158 e. The summed E-state index contributed by atoms with van der Waals surface area (Å²) in [6.07, 6.45) is 0. The van der Waals surface area contributed by atoms with Gasteiger partial charge in [-0.2, -0.15) is 0 Å². The first-order valence-corrected chi connectivity index (χ1v) is 6.51. The molecule has 0 spiro atoms. The largest absolute Gasteiger partial charge is 0.504 e. The summed E-state index contributed by atoms with van der Waals surface area (Å²) in [5, 5.41) is 22.8. The number of aryl methyl sites for hydroxylation is 1. The average molecular weight is 264 g/mol. The highest BCUT2D eigenvalue weighted by Gasteiger charge is 2.14. The third-order valence-electron chi connectivity index (χ3n) is 2.88. The number of phenols is 2. The maximum Gasteiger partial charge on any atom is 0.158 e. The van der Waals surface area contributed by atoms with E-state index in [4.69, 9.17) is 0 Å². The van der Waals surface area contributed by atoms with E-state index in [-0.39, 0.29) is 17.5 Å². The van der Waals surface area contributed by atoms with E-state index in [0.29, 0.717) is 0 Å². The van der Waals surface area contributed by atoms with E-state index < -0.39 is 0 Å². The van der Waals surface area contributed by atoms with Crippen LogP contribution in [0.5, 0.6) is 11.5 Å². The third kappa shape index (κ3) is 2.32. The number of hydrogen-bond acceptors (Lipinski definition) is 5. The zero-order chi connectivity index (χ0) is 13.3. The van der Waals surface area contributed by atoms with Crippen molar-refractivity contribution in [1.29, 1.82) is 0 Å². The molecule has 2 aromatic rings. The fourth-order valence-electron chi connectivity index (χ4n) is 1.72. The van der Waals surface area contributed by atoms with E-state index in [1.165, 1.54) is 17.0 Å². The van der Waals surface area contributed by atoms with Crippen LogP contribution in [0.25, 0.3) is 10.6 Å². The molecule has 0 saturated heterocycles. The Hall–Kier alpha value is -1.59. The third-order valence-corrected chi connectivity index (χ3v) is 4.27. The molecular weight excluding hydrogens is 248 g/mol. The molecule has 4 nitrogen and oxygen atoms in total. The molecule has 1 aromatic heterocycles. The predicted molar refractivity (Wildman–Crippen MR) is 73.1 cm³/mol. The van der Waals surface area contributed by atoms with Crippen molar-refractivity contribution in [3.63, 3.8) is 0 Å². The lowest BCUT2D eigenvalue weighted by atomic mass is 10.2. The van der Waals surface area contributed by atoms with Crippen LogP contribution in [0.3, 0.4) is 0 Å². The second kappa shape index (κ2) is 4.96. The molecule has 96 valence electrons. The minimum Gasteiger partial charge on any atom is -0.504 e. The number of rotatable bonds is 3. The predicted octanol–water partition coefficient (Wildman–Crippen LogP) is 2.81. The van der Waals surface area contributed by atoms with Crippen LogP contribution >= 0.6 is 11.3 Å². The van der Waals surface area contributed by atoms with E-state index >= 15 is 0 Å². The molecule has 3 N–H and O–H groups in total. The molecule has 1 aromatic carbocycles. The highest BCUT2D eigenvalue weighted by Crippen LogP contribution is 2.35. The van der Waals surface area contributed by atoms with Gasteiger partial charge in [0.1, 0.15) is 5.01 Å². The molecule has 18 heavy (non-hydrogen) atoms. The molecule has 1 unspecified atom stereocenters. The Bertz CT molecular complexity index is 566. The molecule has 0 fully saturated rings. The number of aromatic hydroxyl groups is 2. The van der Waals surface area contributed by atoms with E-state index in [1.54, 1.807) is 17.4 Å². The van der Waals surface area contributed by atoms with Crippen molar-refractivity contribution in [3.05, 3.63) is 28.8 Å². The normalized spacial score (nSPS) is 12.6. The minimum absolute atomic E-state index is 0.115. The highest BCUT2D eigenvalue weighted by atomic mass is 32.1. The number of aromatic nitrogens is 1. The fourth-order valence-corrected chi connectivity index (χ4v) is 2.84. The average Bonchev–Trinajstić information content (AvgIpc) is 2.74. The molecule has 0 aliphatic heterocycles. The van der Waals surface area contributed by atoms with Crippen molar-refractivity contribution in [2.75, 3.05) is 7.05 Å². The van der Waals surface area contributed by atoms with Crippen LogP contribution in [-0.4, -0.2) is 22.2 Å². The maximum atomic E-state index is 9.51. The number of benzene rings is 1. The van der Waals surface area contributed by atoms with Gasteiger partial charge in [0.25, 0.3) is 0 Å². The van der Waals surface area contributed by atoms with E-state index in [9.17, 15) is 10.2 Å². The van der Waals surface area contributed by atoms with Crippen molar-refractivity contribution < 1.29 is 10.2 Å². The standard InChI is InChI=1S/C13H16N2O2S/c1-7(14-3)12-8(2)15-13(18-12)9-4-5-10(16)11(17)6-9/h4-7,14,16-17H,1-3H3. The first-order valence-electron chi connectivity index (χ1n) is 5.70. The molecule has 5 heteroatoms. The summed E-state index contributed by atoms with van der Waals surface area (Å²) in [7, 11) is 1.91. The van der Waals surface area contributed by atoms with E-state index in [0.717, 1.165) is 16.3 Å². The lowest BCUT2D eigenvalue weighted by molar-refractivity contribution is 0.404. The van der Waals surface area contributed by atoms with Gasteiger partial charge in [-0.1, -0.05) is 0 Å². The van der Waals surface area contributed by atoms with Crippen LogP contribution in [0.4, 0.5) is 0 Å². The molecular formula is C13H16N2O2S. The molecule has 0 amide bonds. The Kier molecular flexibility index (Phi) is 3.54. The Morgan fingerprint density at radius 1 is 1.28 bits per heavy atom. The molecule has 0 aliphatic rings. The minimum atomic E-state index is -0.122. The summed E-state index contributed by atoms with van der Waals surface area (Å²) in [6.45, 7) is 4.06. The van der Waals surface area contributed by atoms with Crippen LogP contribution in [0.1, 0.15) is 23.5 Å². The van der Waals surface area contributed by atoms with Gasteiger partial charge in [0.2, 0.25) is 0 Å². The van der Waals surface area contributed by atoms with Crippen molar-refractivity contribution in [2.45, 2.75) is 19.9 Å². The number of thiazole rings is 1. The lowest BCUT2D eigenvalue weighted by Crippen LogP contribution is -2.11. The maximum absolute atomic E-state index is 9.51. The summed E-state index contributed by atoms with van der Waals surface area (Å²) < 4.78 is 0. The van der Waals surface area contributed by atoms with Gasteiger partial charge in [-0.3, -0.25) is 0 Å². The van der Waals surface area contributed by atoms with Crippen LogP contribution in [-0.2, 0) is 0 Å². The molecule has 0 bridgehead atoms. The van der Waals surface area contributed by atoms with Gasteiger partial charge >= 0.3 is 0 Å². The van der Waals surface area contributed by atoms with Crippen LogP contribution in [0, 0.1) is 6.92 Å². The van der Waals surface area contributed by atoms with Crippen molar-refractivity contribution in [1.82, 2.24) is 10.3 Å². The number of nitrogens with one attached hydrogen (secondary N) is 1. The van der Waals surface area contributed by atoms with Gasteiger partial charge in [0.05, 0.1) is 5.69 Å². The molecule has 0 aliphatic carbocycles. The van der Waals surface area contributed by atoms with Crippen LogP contribution in [0.2, 0.25) is 0 Å². The monoisotopic (exact) mass is 264 g/mol. The number of phenolic OH excluding ortho intramolecular Hbond substituents is 2. The van der Waals surface area contributed by atoms with Crippen molar-refractivity contribution in [2.24, 2.45) is 0 Å². The van der Waals surface area contributed by atoms with Crippen LogP contribution < -0.4 is 5.32 Å². The Morgan fingerprint density at radius 3 is 2.61 bits per heavy atom. The molecule has 1 atom stereocenters. The number of hydrogen-bond donors (Lipinski definition) is 3. The zero-order valence-electron chi connectivity index (χ0n) is 10.6. The summed E-state index contributed by atoms with van der Waals surface area (Å²) in [5.74, 6) is -0.237. The first kappa shape index (κ1) is 12.9. The molecule has 0 radical (unpaired) electrons. The summed E-state index contributed by atoms with van der Waals surface area (Å²) in [5.41, 5.74) is 1.80. The summed E-state index contributed by atoms with van der Waals surface area (Å²) >= 11 is 1.59. The lowest BCUT2D eigenvalue weighted by Gasteiger charge is -2.07. The quantitative estimate of drug-likeness (QED) is 0.746. The summed E-state index contributed by atoms with van der Waals surface area (Å²) in [4.78, 5) is 5.69. The second-order valence-corrected chi connectivity index (χ2v) is 5.21. The Morgan fingerprint density at radius 2 is 2.00 bits per heavy atom. The van der Waals surface area contributed by atoms with E-state index in [1.807, 2.05) is 14.0 Å². The van der Waals surface area contributed by atoms with Gasteiger partial charge in [-0.25, -0.2) is 4.98 Å². The highest BCUT2D eigenvalue weighted by molar-refractivity contribution is 7.15. The van der Waals surface area contributed by atoms with Crippen molar-refractivity contribution >= 4 is 11.3 Å². The zero-order valence-corrected chi connectivity index (χ0v) is 11.4. The SMILES string of the molecule is CNC(C)c1sc(-c2ccc(O)c(O)c2)nc1C. The Balaban J connectivity index is 2.42. The molecule has 1 heterocycles.